The summed E-state index contributed by atoms with van der Waals surface area (Å²) in [5.41, 5.74) is 1.38. The van der Waals surface area contributed by atoms with E-state index in [-0.39, 0.29) is 0 Å². The van der Waals surface area contributed by atoms with E-state index in [1.54, 1.807) is 11.3 Å². The number of aryl methyl sites for hydroxylation is 1. The van der Waals surface area contributed by atoms with Gasteiger partial charge in [-0.15, -0.1) is 11.3 Å². The number of aromatic nitrogens is 1. The second kappa shape index (κ2) is 7.55. The van der Waals surface area contributed by atoms with E-state index in [0.29, 0.717) is 12.1 Å². The molecule has 2 atom stereocenters. The van der Waals surface area contributed by atoms with Crippen molar-refractivity contribution in [2.75, 3.05) is 0 Å². The molecule has 2 unspecified atom stereocenters. The molecular weight excluding hydrogens is 264 g/mol. The number of thiazole rings is 1. The van der Waals surface area contributed by atoms with Gasteiger partial charge in [0.1, 0.15) is 5.01 Å². The molecule has 0 saturated heterocycles. The maximum Gasteiger partial charge on any atom is 0.109 e. The Morgan fingerprint density at radius 1 is 1.25 bits per heavy atom. The molecule has 0 bridgehead atoms. The van der Waals surface area contributed by atoms with Crippen LogP contribution >= 0.6 is 11.3 Å². The molecule has 2 nitrogen and oxygen atoms in total. The number of nitrogens with one attached hydrogen (secondary N) is 1. The molecule has 1 heterocycles. The average Bonchev–Trinajstić information content (AvgIpc) is 2.91. The predicted octanol–water partition coefficient (Wildman–Crippen LogP) is 5.03. The van der Waals surface area contributed by atoms with Crippen LogP contribution < -0.4 is 5.32 Å². The molecule has 0 radical (unpaired) electrons. The minimum absolute atomic E-state index is 0.302. The molecule has 108 valence electrons. The molecule has 0 saturated carbocycles. The van der Waals surface area contributed by atoms with Crippen molar-refractivity contribution in [3.63, 3.8) is 0 Å². The van der Waals surface area contributed by atoms with Crippen molar-refractivity contribution in [1.29, 1.82) is 0 Å². The van der Waals surface area contributed by atoms with E-state index in [2.05, 4.69) is 61.4 Å². The molecule has 0 fully saturated rings. The van der Waals surface area contributed by atoms with Crippen LogP contribution in [0.1, 0.15) is 60.6 Å². The highest BCUT2D eigenvalue weighted by atomic mass is 32.1. The van der Waals surface area contributed by atoms with E-state index in [1.165, 1.54) is 34.7 Å². The van der Waals surface area contributed by atoms with Gasteiger partial charge in [0, 0.05) is 17.1 Å². The molecule has 0 aliphatic rings. The Morgan fingerprint density at radius 2 is 2.00 bits per heavy atom. The summed E-state index contributed by atoms with van der Waals surface area (Å²) in [5, 5.41) is 4.93. The van der Waals surface area contributed by atoms with Crippen molar-refractivity contribution in [1.82, 2.24) is 10.3 Å². The van der Waals surface area contributed by atoms with E-state index in [1.807, 2.05) is 6.20 Å². The van der Waals surface area contributed by atoms with Crippen LogP contribution in [0.15, 0.2) is 36.5 Å². The molecule has 20 heavy (non-hydrogen) atoms. The molecule has 0 spiro atoms. The topological polar surface area (TPSA) is 24.9 Å². The lowest BCUT2D eigenvalue weighted by molar-refractivity contribution is 0.430. The summed E-state index contributed by atoms with van der Waals surface area (Å²) in [6.07, 6.45) is 5.61. The zero-order chi connectivity index (χ0) is 14.4. The second-order valence-electron chi connectivity index (χ2n) is 5.30. The third-order valence-corrected chi connectivity index (χ3v) is 4.60. The van der Waals surface area contributed by atoms with Gasteiger partial charge in [-0.3, -0.25) is 0 Å². The van der Waals surface area contributed by atoms with Crippen LogP contribution in [0.2, 0.25) is 0 Å². The minimum Gasteiger partial charge on any atom is -0.301 e. The van der Waals surface area contributed by atoms with Gasteiger partial charge in [0.15, 0.2) is 0 Å². The fourth-order valence-electron chi connectivity index (χ4n) is 2.39. The van der Waals surface area contributed by atoms with Gasteiger partial charge in [0.25, 0.3) is 0 Å². The Morgan fingerprint density at radius 3 is 2.60 bits per heavy atom. The van der Waals surface area contributed by atoms with Crippen LogP contribution in [-0.2, 0) is 0 Å². The molecular formula is C17H24N2S. The molecule has 1 aromatic carbocycles. The number of rotatable bonds is 7. The van der Waals surface area contributed by atoms with Crippen LogP contribution in [0, 0.1) is 6.92 Å². The lowest BCUT2D eigenvalue weighted by Gasteiger charge is -2.22. The summed E-state index contributed by atoms with van der Waals surface area (Å²) in [6, 6.07) is 11.5. The summed E-state index contributed by atoms with van der Waals surface area (Å²) in [5.74, 6) is 0. The summed E-state index contributed by atoms with van der Waals surface area (Å²) in [4.78, 5) is 5.78. The lowest BCUT2D eigenvalue weighted by atomic mass is 10.0. The molecule has 1 aromatic heterocycles. The first-order valence-electron chi connectivity index (χ1n) is 7.44. The standard InChI is InChI=1S/C17H24N2S/c1-4-5-11-16(15-9-7-6-8-10-15)19-14(3)17-18-12-13(2)20-17/h6-10,12,14,16,19H,4-5,11H2,1-3H3. The van der Waals surface area contributed by atoms with Gasteiger partial charge in [0.05, 0.1) is 6.04 Å². The first kappa shape index (κ1) is 15.2. The van der Waals surface area contributed by atoms with Crippen molar-refractivity contribution >= 4 is 11.3 Å². The van der Waals surface area contributed by atoms with Gasteiger partial charge in [-0.1, -0.05) is 50.1 Å². The smallest absolute Gasteiger partial charge is 0.109 e. The third kappa shape index (κ3) is 4.15. The van der Waals surface area contributed by atoms with Crippen molar-refractivity contribution in [3.05, 3.63) is 52.0 Å². The molecule has 0 aliphatic heterocycles. The van der Waals surface area contributed by atoms with Crippen LogP contribution in [0.25, 0.3) is 0 Å². The van der Waals surface area contributed by atoms with Crippen molar-refractivity contribution in [3.8, 4) is 0 Å². The maximum atomic E-state index is 4.50. The summed E-state index contributed by atoms with van der Waals surface area (Å²) in [6.45, 7) is 6.56. The van der Waals surface area contributed by atoms with E-state index in [4.69, 9.17) is 0 Å². The number of hydrogen-bond donors (Lipinski definition) is 1. The largest absolute Gasteiger partial charge is 0.301 e. The molecule has 0 aliphatic carbocycles. The fraction of sp³-hybridized carbons (Fsp3) is 0.471. The number of hydrogen-bond acceptors (Lipinski definition) is 3. The highest BCUT2D eigenvalue weighted by molar-refractivity contribution is 7.11. The lowest BCUT2D eigenvalue weighted by Crippen LogP contribution is -2.24. The monoisotopic (exact) mass is 288 g/mol. The van der Waals surface area contributed by atoms with Crippen molar-refractivity contribution < 1.29 is 0 Å². The molecule has 2 aromatic rings. The fourth-order valence-corrected chi connectivity index (χ4v) is 3.17. The van der Waals surface area contributed by atoms with Gasteiger partial charge in [-0.2, -0.15) is 0 Å². The van der Waals surface area contributed by atoms with E-state index >= 15 is 0 Å². The molecule has 3 heteroatoms. The number of nitrogens with zero attached hydrogens (tertiary/aromatic N) is 1. The van der Waals surface area contributed by atoms with Gasteiger partial charge in [-0.25, -0.2) is 4.98 Å². The summed E-state index contributed by atoms with van der Waals surface area (Å²) >= 11 is 1.78. The quantitative estimate of drug-likeness (QED) is 0.772. The van der Waals surface area contributed by atoms with Crippen molar-refractivity contribution in [2.24, 2.45) is 0 Å². The maximum absolute atomic E-state index is 4.50. The number of unbranched alkanes of at least 4 members (excludes halogenated alkanes) is 1. The van der Waals surface area contributed by atoms with Crippen LogP contribution in [-0.4, -0.2) is 4.98 Å². The van der Waals surface area contributed by atoms with Crippen LogP contribution in [0.5, 0.6) is 0 Å². The zero-order valence-corrected chi connectivity index (χ0v) is 13.4. The Kier molecular flexibility index (Phi) is 5.74. The highest BCUT2D eigenvalue weighted by Gasteiger charge is 2.16. The van der Waals surface area contributed by atoms with Gasteiger partial charge < -0.3 is 5.32 Å². The van der Waals surface area contributed by atoms with Gasteiger partial charge in [0.2, 0.25) is 0 Å². The average molecular weight is 288 g/mol. The third-order valence-electron chi connectivity index (χ3n) is 3.51. The highest BCUT2D eigenvalue weighted by Crippen LogP contribution is 2.25. The summed E-state index contributed by atoms with van der Waals surface area (Å²) in [7, 11) is 0. The SMILES string of the molecule is CCCCC(NC(C)c1ncc(C)s1)c1ccccc1. The Hall–Kier alpha value is -1.19. The zero-order valence-electron chi connectivity index (χ0n) is 12.6. The van der Waals surface area contributed by atoms with E-state index in [0.717, 1.165) is 0 Å². The first-order valence-corrected chi connectivity index (χ1v) is 8.25. The van der Waals surface area contributed by atoms with Gasteiger partial charge in [-0.05, 0) is 25.8 Å². The first-order chi connectivity index (χ1) is 9.70. The molecule has 1 N–H and O–H groups in total. The van der Waals surface area contributed by atoms with Crippen LogP contribution in [0.4, 0.5) is 0 Å². The van der Waals surface area contributed by atoms with E-state index < -0.39 is 0 Å². The molecule has 0 amide bonds. The number of benzene rings is 1. The second-order valence-corrected chi connectivity index (χ2v) is 6.57. The van der Waals surface area contributed by atoms with Crippen LogP contribution in [0.3, 0.4) is 0 Å². The predicted molar refractivity (Wildman–Crippen MR) is 87.1 cm³/mol. The van der Waals surface area contributed by atoms with E-state index in [9.17, 15) is 0 Å². The normalized spacial score (nSPS) is 14.2. The summed E-state index contributed by atoms with van der Waals surface area (Å²) < 4.78 is 0. The molecule has 2 rings (SSSR count). The minimum atomic E-state index is 0.302. The van der Waals surface area contributed by atoms with Crippen molar-refractivity contribution in [2.45, 2.75) is 52.1 Å². The Balaban J connectivity index is 2.07. The van der Waals surface area contributed by atoms with Gasteiger partial charge >= 0.3 is 0 Å². The Labute approximate surface area is 126 Å². The Bertz CT molecular complexity index is 507.